The Kier molecular flexibility index (Phi) is 5.09. The number of fused-ring (bicyclic) bond motifs is 1. The maximum atomic E-state index is 13.6. The molecule has 4 heterocycles. The van der Waals surface area contributed by atoms with Gasteiger partial charge in [-0.05, 0) is 62.5 Å². The third-order valence-electron chi connectivity index (χ3n) is 6.30. The van der Waals surface area contributed by atoms with Crippen LogP contribution in [0, 0.1) is 17.1 Å². The van der Waals surface area contributed by atoms with Crippen molar-refractivity contribution in [2.24, 2.45) is 0 Å². The molecule has 0 unspecified atom stereocenters. The highest BCUT2D eigenvalue weighted by Crippen LogP contribution is 2.29. The fourth-order valence-corrected chi connectivity index (χ4v) is 4.60. The van der Waals surface area contributed by atoms with E-state index in [1.165, 1.54) is 44.5 Å². The molecule has 5 rings (SSSR count). The first-order chi connectivity index (χ1) is 14.7. The monoisotopic (exact) mass is 405 g/mol. The van der Waals surface area contributed by atoms with Crippen LogP contribution in [0.5, 0.6) is 0 Å². The molecule has 6 nitrogen and oxygen atoms in total. The molecule has 0 atom stereocenters. The van der Waals surface area contributed by atoms with Gasteiger partial charge in [0.15, 0.2) is 5.58 Å². The van der Waals surface area contributed by atoms with E-state index >= 15 is 0 Å². The van der Waals surface area contributed by atoms with Crippen molar-refractivity contribution in [2.45, 2.75) is 38.1 Å². The number of oxazole rings is 1. The van der Waals surface area contributed by atoms with E-state index in [9.17, 15) is 4.39 Å². The lowest BCUT2D eigenvalue weighted by Crippen LogP contribution is -2.46. The number of piperidine rings is 2. The first-order valence-electron chi connectivity index (χ1n) is 10.7. The molecule has 2 saturated heterocycles. The fraction of sp³-hybridized carbons (Fsp3) is 0.435. The van der Waals surface area contributed by atoms with Gasteiger partial charge in [0.1, 0.15) is 11.9 Å². The minimum atomic E-state index is -0.523. The van der Waals surface area contributed by atoms with E-state index in [1.807, 2.05) is 12.1 Å². The Labute approximate surface area is 174 Å². The Hall–Kier alpha value is -2.98. The van der Waals surface area contributed by atoms with Crippen LogP contribution in [-0.4, -0.2) is 47.1 Å². The molecule has 30 heavy (non-hydrogen) atoms. The molecular formula is C23H24FN5O. The summed E-state index contributed by atoms with van der Waals surface area (Å²) in [7, 11) is 0. The highest BCUT2D eigenvalue weighted by Gasteiger charge is 2.27. The van der Waals surface area contributed by atoms with E-state index < -0.39 is 5.82 Å². The smallest absolute Gasteiger partial charge is 0.299 e. The Bertz CT molecular complexity index is 1090. The predicted octanol–water partition coefficient (Wildman–Crippen LogP) is 4.36. The van der Waals surface area contributed by atoms with Gasteiger partial charge in [0.25, 0.3) is 6.01 Å². The van der Waals surface area contributed by atoms with Gasteiger partial charge in [0.05, 0.1) is 5.56 Å². The SMILES string of the molecule is N#Cc1cc(-c2cnc3nc(N4CCC(N5CCCCC5)CC4)oc3c2)ccc1F. The van der Waals surface area contributed by atoms with E-state index in [-0.39, 0.29) is 5.56 Å². The van der Waals surface area contributed by atoms with Crippen molar-refractivity contribution < 1.29 is 8.81 Å². The van der Waals surface area contributed by atoms with Crippen molar-refractivity contribution in [1.29, 1.82) is 5.26 Å². The average molecular weight is 405 g/mol. The molecule has 3 aromatic rings. The lowest BCUT2D eigenvalue weighted by atomic mass is 10.0. The van der Waals surface area contributed by atoms with E-state index in [0.29, 0.717) is 23.3 Å². The number of benzene rings is 1. The summed E-state index contributed by atoms with van der Waals surface area (Å²) in [4.78, 5) is 13.9. The summed E-state index contributed by atoms with van der Waals surface area (Å²) in [5, 5.41) is 9.07. The molecule has 0 spiro atoms. The highest BCUT2D eigenvalue weighted by molar-refractivity contribution is 5.78. The quantitative estimate of drug-likeness (QED) is 0.645. The van der Waals surface area contributed by atoms with Crippen molar-refractivity contribution in [3.05, 3.63) is 41.8 Å². The van der Waals surface area contributed by atoms with Crippen molar-refractivity contribution in [1.82, 2.24) is 14.9 Å². The number of pyridine rings is 1. The molecule has 0 radical (unpaired) electrons. The minimum Gasteiger partial charge on any atom is -0.422 e. The number of halogens is 1. The van der Waals surface area contributed by atoms with Gasteiger partial charge >= 0.3 is 0 Å². The molecule has 2 fully saturated rings. The van der Waals surface area contributed by atoms with Crippen molar-refractivity contribution in [3.63, 3.8) is 0 Å². The van der Waals surface area contributed by atoms with Crippen LogP contribution >= 0.6 is 0 Å². The maximum Gasteiger partial charge on any atom is 0.299 e. The normalized spacial score (nSPS) is 18.6. The second-order valence-corrected chi connectivity index (χ2v) is 8.16. The van der Waals surface area contributed by atoms with Gasteiger partial charge in [-0.1, -0.05) is 12.5 Å². The summed E-state index contributed by atoms with van der Waals surface area (Å²) in [6, 6.07) is 9.49. The van der Waals surface area contributed by atoms with Gasteiger partial charge in [0, 0.05) is 30.9 Å². The zero-order chi connectivity index (χ0) is 20.5. The summed E-state index contributed by atoms with van der Waals surface area (Å²) < 4.78 is 19.6. The van der Waals surface area contributed by atoms with Crippen LogP contribution in [0.3, 0.4) is 0 Å². The highest BCUT2D eigenvalue weighted by atomic mass is 19.1. The van der Waals surface area contributed by atoms with Gasteiger partial charge in [-0.3, -0.25) is 0 Å². The first kappa shape index (κ1) is 19.0. The van der Waals surface area contributed by atoms with Gasteiger partial charge in [-0.15, -0.1) is 0 Å². The van der Waals surface area contributed by atoms with Crippen LogP contribution in [0.25, 0.3) is 22.4 Å². The lowest BCUT2D eigenvalue weighted by molar-refractivity contribution is 0.140. The second kappa shape index (κ2) is 8.04. The Morgan fingerprint density at radius 1 is 1.03 bits per heavy atom. The maximum absolute atomic E-state index is 13.6. The average Bonchev–Trinajstić information content (AvgIpc) is 3.23. The standard InChI is InChI=1S/C23H24FN5O/c24-20-5-4-16(12-17(20)14-25)18-13-21-22(26-15-18)27-23(30-21)29-10-6-19(7-11-29)28-8-2-1-3-9-28/h4-5,12-13,15,19H,1-3,6-11H2. The number of nitrogens with zero attached hydrogens (tertiary/aromatic N) is 5. The zero-order valence-corrected chi connectivity index (χ0v) is 16.9. The van der Waals surface area contributed by atoms with Crippen LogP contribution in [-0.2, 0) is 0 Å². The third-order valence-corrected chi connectivity index (χ3v) is 6.30. The molecule has 0 N–H and O–H groups in total. The van der Waals surface area contributed by atoms with Gasteiger partial charge in [0.2, 0.25) is 5.65 Å². The van der Waals surface area contributed by atoms with Gasteiger partial charge in [-0.25, -0.2) is 9.37 Å². The molecular weight excluding hydrogens is 381 g/mol. The number of nitriles is 1. The summed E-state index contributed by atoms with van der Waals surface area (Å²) in [6.07, 6.45) is 7.95. The van der Waals surface area contributed by atoms with Crippen molar-refractivity contribution in [2.75, 3.05) is 31.1 Å². The topological polar surface area (TPSA) is 69.2 Å². The number of likely N-dealkylation sites (tertiary alicyclic amines) is 1. The largest absolute Gasteiger partial charge is 0.422 e. The summed E-state index contributed by atoms with van der Waals surface area (Å²) in [6.45, 7) is 4.34. The van der Waals surface area contributed by atoms with E-state index in [0.717, 1.165) is 37.1 Å². The van der Waals surface area contributed by atoms with Crippen LogP contribution in [0.2, 0.25) is 0 Å². The molecule has 0 saturated carbocycles. The zero-order valence-electron chi connectivity index (χ0n) is 16.9. The number of aromatic nitrogens is 2. The van der Waals surface area contributed by atoms with E-state index in [1.54, 1.807) is 12.3 Å². The lowest BCUT2D eigenvalue weighted by Gasteiger charge is -2.39. The summed E-state index contributed by atoms with van der Waals surface area (Å²) in [5.74, 6) is -0.523. The molecule has 0 bridgehead atoms. The van der Waals surface area contributed by atoms with E-state index in [4.69, 9.17) is 9.68 Å². The van der Waals surface area contributed by atoms with Gasteiger partial charge in [-0.2, -0.15) is 10.2 Å². The molecule has 0 amide bonds. The molecule has 154 valence electrons. The summed E-state index contributed by atoms with van der Waals surface area (Å²) in [5.41, 5.74) is 2.67. The molecule has 7 heteroatoms. The Balaban J connectivity index is 1.33. The number of anilines is 1. The third kappa shape index (κ3) is 3.63. The van der Waals surface area contributed by atoms with Crippen molar-refractivity contribution in [3.8, 4) is 17.2 Å². The Morgan fingerprint density at radius 3 is 2.60 bits per heavy atom. The summed E-state index contributed by atoms with van der Waals surface area (Å²) >= 11 is 0. The second-order valence-electron chi connectivity index (χ2n) is 8.16. The first-order valence-corrected chi connectivity index (χ1v) is 10.7. The van der Waals surface area contributed by atoms with Crippen LogP contribution in [0.1, 0.15) is 37.7 Å². The predicted molar refractivity (Wildman–Crippen MR) is 113 cm³/mol. The van der Waals surface area contributed by atoms with Crippen LogP contribution in [0.15, 0.2) is 34.9 Å². The van der Waals surface area contributed by atoms with Crippen LogP contribution < -0.4 is 4.90 Å². The fourth-order valence-electron chi connectivity index (χ4n) is 4.60. The van der Waals surface area contributed by atoms with Crippen molar-refractivity contribution >= 4 is 17.2 Å². The molecule has 1 aromatic carbocycles. The molecule has 0 aliphatic carbocycles. The number of hydrogen-bond acceptors (Lipinski definition) is 6. The van der Waals surface area contributed by atoms with Crippen LogP contribution in [0.4, 0.5) is 10.4 Å². The van der Waals surface area contributed by atoms with Gasteiger partial charge < -0.3 is 14.2 Å². The molecule has 2 aliphatic rings. The number of rotatable bonds is 3. The van der Waals surface area contributed by atoms with E-state index in [2.05, 4.69) is 19.8 Å². The number of hydrogen-bond donors (Lipinski definition) is 0. The molecule has 2 aromatic heterocycles. The minimum absolute atomic E-state index is 0.0161. The molecule has 2 aliphatic heterocycles. The Morgan fingerprint density at radius 2 is 1.83 bits per heavy atom.